The van der Waals surface area contributed by atoms with Crippen LogP contribution in [-0.4, -0.2) is 70.8 Å². The van der Waals surface area contributed by atoms with Gasteiger partial charge in [0.15, 0.2) is 5.82 Å². The number of piperidine rings is 1. The number of nitrogens with zero attached hydrogens (tertiary/aromatic N) is 4. The van der Waals surface area contributed by atoms with Gasteiger partial charge in [-0.3, -0.25) is 14.7 Å². The molecule has 9 heteroatoms. The number of likely N-dealkylation sites (tertiary alicyclic amines) is 1. The number of rotatable bonds is 5. The Bertz CT molecular complexity index is 1240. The van der Waals surface area contributed by atoms with Crippen LogP contribution in [0.15, 0.2) is 36.8 Å². The number of halogens is 1. The number of aryl methyl sites for hydroxylation is 1. The van der Waals surface area contributed by atoms with Gasteiger partial charge < -0.3 is 15.4 Å². The Morgan fingerprint density at radius 1 is 1.16 bits per heavy atom. The predicted octanol–water partition coefficient (Wildman–Crippen LogP) is 3.89. The minimum atomic E-state index is -1.15. The molecule has 5 rings (SSSR count). The van der Waals surface area contributed by atoms with E-state index in [-0.39, 0.29) is 31.0 Å². The largest absolute Gasteiger partial charge is 0.381 e. The predicted molar refractivity (Wildman–Crippen MR) is 142 cm³/mol. The Labute approximate surface area is 217 Å². The molecule has 2 aliphatic heterocycles. The van der Waals surface area contributed by atoms with Crippen molar-refractivity contribution in [1.29, 1.82) is 0 Å². The van der Waals surface area contributed by atoms with E-state index >= 15 is 4.39 Å². The van der Waals surface area contributed by atoms with Gasteiger partial charge in [-0.2, -0.15) is 0 Å². The molecule has 1 saturated heterocycles. The van der Waals surface area contributed by atoms with Crippen LogP contribution < -0.4 is 10.6 Å². The highest BCUT2D eigenvalue weighted by molar-refractivity contribution is 5.91. The number of ether oxygens (including phenoxy) is 1. The van der Waals surface area contributed by atoms with Crippen LogP contribution in [-0.2, 0) is 22.6 Å². The summed E-state index contributed by atoms with van der Waals surface area (Å²) in [6.07, 6.45) is 7.63. The average Bonchev–Trinajstić information content (AvgIpc) is 2.91. The van der Waals surface area contributed by atoms with Gasteiger partial charge in [0.1, 0.15) is 12.8 Å². The molecule has 1 aromatic carbocycles. The molecule has 4 heterocycles. The van der Waals surface area contributed by atoms with Crippen LogP contribution in [0.1, 0.15) is 44.0 Å². The SMILES string of the molecule is CCCOCc1ncc(-c2ccc3ncc4cc3c2CCC(F)CNC(=O)[C@@H]2C[C@H](CCN2C)N4)cn1. The van der Waals surface area contributed by atoms with E-state index in [9.17, 15) is 4.79 Å². The Morgan fingerprint density at radius 3 is 2.81 bits per heavy atom. The van der Waals surface area contributed by atoms with Gasteiger partial charge in [-0.15, -0.1) is 0 Å². The summed E-state index contributed by atoms with van der Waals surface area (Å²) in [4.78, 5) is 28.6. The Hall–Kier alpha value is -3.17. The van der Waals surface area contributed by atoms with Gasteiger partial charge >= 0.3 is 0 Å². The van der Waals surface area contributed by atoms with E-state index in [1.54, 1.807) is 0 Å². The minimum Gasteiger partial charge on any atom is -0.381 e. The fourth-order valence-electron chi connectivity index (χ4n) is 5.24. The van der Waals surface area contributed by atoms with Crippen molar-refractivity contribution in [1.82, 2.24) is 25.2 Å². The zero-order valence-corrected chi connectivity index (χ0v) is 21.5. The summed E-state index contributed by atoms with van der Waals surface area (Å²) in [7, 11) is 1.95. The fourth-order valence-corrected chi connectivity index (χ4v) is 5.24. The Kier molecular flexibility index (Phi) is 7.90. The highest BCUT2D eigenvalue weighted by Gasteiger charge is 2.32. The van der Waals surface area contributed by atoms with E-state index in [1.807, 2.05) is 37.8 Å². The third-order valence-electron chi connectivity index (χ3n) is 7.32. The van der Waals surface area contributed by atoms with Gasteiger partial charge in [0.05, 0.1) is 23.4 Å². The second-order valence-electron chi connectivity index (χ2n) is 10.1. The van der Waals surface area contributed by atoms with Crippen LogP contribution in [0.5, 0.6) is 0 Å². The number of carbonyl (C=O) groups is 1. The lowest BCUT2D eigenvalue weighted by molar-refractivity contribution is -0.127. The van der Waals surface area contributed by atoms with Gasteiger partial charge in [0, 0.05) is 49.1 Å². The maximum absolute atomic E-state index is 15.0. The molecule has 4 bridgehead atoms. The molecule has 1 fully saturated rings. The number of anilines is 1. The molecular weight excluding hydrogens is 471 g/mol. The lowest BCUT2D eigenvalue weighted by atomic mass is 9.92. The van der Waals surface area contributed by atoms with Crippen LogP contribution >= 0.6 is 0 Å². The summed E-state index contributed by atoms with van der Waals surface area (Å²) in [6.45, 7) is 3.93. The van der Waals surface area contributed by atoms with E-state index in [0.717, 1.165) is 52.7 Å². The molecule has 3 aromatic rings. The molecule has 1 unspecified atom stereocenters. The molecule has 196 valence electrons. The molecule has 2 aromatic heterocycles. The maximum atomic E-state index is 15.0. The minimum absolute atomic E-state index is 0.0143. The molecule has 2 N–H and O–H groups in total. The van der Waals surface area contributed by atoms with E-state index in [4.69, 9.17) is 9.72 Å². The first-order valence-electron chi connectivity index (χ1n) is 13.2. The number of hydrogen-bond donors (Lipinski definition) is 2. The van der Waals surface area contributed by atoms with Crippen molar-refractivity contribution in [3.63, 3.8) is 0 Å². The second kappa shape index (κ2) is 11.5. The van der Waals surface area contributed by atoms with E-state index in [2.05, 4.69) is 38.5 Å². The third-order valence-corrected chi connectivity index (χ3v) is 7.32. The number of pyridine rings is 1. The second-order valence-corrected chi connectivity index (χ2v) is 10.1. The number of aromatic nitrogens is 3. The standard InChI is InChI=1S/C28H35FN6O2/c1-3-10-37-17-27-31-13-18(14-32-27)22-6-7-25-24-11-21(16-30-25)34-20-8-9-35(2)26(12-20)28(36)33-15-19(29)4-5-23(22)24/h6-7,11,13-14,16,19-20,26,34H,3-5,8-10,12,15,17H2,1-2H3,(H,33,36)/t19?,20-,26-/m0/s1. The van der Waals surface area contributed by atoms with Gasteiger partial charge in [-0.25, -0.2) is 14.4 Å². The lowest BCUT2D eigenvalue weighted by Gasteiger charge is -2.37. The number of hydrogen-bond acceptors (Lipinski definition) is 7. The lowest BCUT2D eigenvalue weighted by Crippen LogP contribution is -2.52. The first-order chi connectivity index (χ1) is 18.0. The van der Waals surface area contributed by atoms with E-state index in [1.165, 1.54) is 0 Å². The van der Waals surface area contributed by atoms with Crippen molar-refractivity contribution in [2.24, 2.45) is 0 Å². The molecule has 0 radical (unpaired) electrons. The van der Waals surface area contributed by atoms with Gasteiger partial charge in [0.2, 0.25) is 5.91 Å². The molecular formula is C28H35FN6O2. The number of benzene rings is 1. The van der Waals surface area contributed by atoms with E-state index < -0.39 is 6.17 Å². The zero-order chi connectivity index (χ0) is 25.8. The quantitative estimate of drug-likeness (QED) is 0.507. The summed E-state index contributed by atoms with van der Waals surface area (Å²) >= 11 is 0. The van der Waals surface area contributed by atoms with Crippen molar-refractivity contribution < 1.29 is 13.9 Å². The highest BCUT2D eigenvalue weighted by atomic mass is 19.1. The number of alkyl halides is 1. The first kappa shape index (κ1) is 25.5. The molecule has 1 amide bonds. The summed E-state index contributed by atoms with van der Waals surface area (Å²) in [5.41, 5.74) is 4.63. The van der Waals surface area contributed by atoms with Gasteiger partial charge in [-0.1, -0.05) is 13.0 Å². The number of nitrogens with one attached hydrogen (secondary N) is 2. The first-order valence-corrected chi connectivity index (χ1v) is 13.2. The highest BCUT2D eigenvalue weighted by Crippen LogP contribution is 2.33. The van der Waals surface area contributed by atoms with Crippen LogP contribution in [0, 0.1) is 0 Å². The molecule has 2 aliphatic rings. The zero-order valence-electron chi connectivity index (χ0n) is 21.5. The van der Waals surface area contributed by atoms with Gasteiger partial charge in [-0.05, 0) is 62.4 Å². The molecule has 0 aliphatic carbocycles. The summed E-state index contributed by atoms with van der Waals surface area (Å²) in [6, 6.07) is 5.99. The number of fused-ring (bicyclic) bond motifs is 3. The molecule has 0 spiro atoms. The molecule has 3 atom stereocenters. The van der Waals surface area contributed by atoms with Crippen LogP contribution in [0.2, 0.25) is 0 Å². The van der Waals surface area contributed by atoms with Crippen molar-refractivity contribution >= 4 is 22.5 Å². The Morgan fingerprint density at radius 2 is 2.00 bits per heavy atom. The van der Waals surface area contributed by atoms with Crippen LogP contribution in [0.4, 0.5) is 10.1 Å². The van der Waals surface area contributed by atoms with E-state index in [0.29, 0.717) is 31.9 Å². The van der Waals surface area contributed by atoms with Crippen LogP contribution in [0.3, 0.4) is 0 Å². The Balaban J connectivity index is 1.51. The number of likely N-dealkylation sites (N-methyl/N-ethyl adjacent to an activating group) is 1. The number of carbonyl (C=O) groups excluding carboxylic acids is 1. The van der Waals surface area contributed by atoms with Crippen molar-refractivity contribution in [2.45, 2.75) is 63.9 Å². The smallest absolute Gasteiger partial charge is 0.237 e. The average molecular weight is 507 g/mol. The maximum Gasteiger partial charge on any atom is 0.237 e. The number of amides is 1. The van der Waals surface area contributed by atoms with Crippen molar-refractivity contribution in [2.75, 3.05) is 32.1 Å². The van der Waals surface area contributed by atoms with Crippen molar-refractivity contribution in [3.8, 4) is 11.1 Å². The molecule has 8 nitrogen and oxygen atoms in total. The monoisotopic (exact) mass is 506 g/mol. The fraction of sp³-hybridized carbons (Fsp3) is 0.500. The van der Waals surface area contributed by atoms with Gasteiger partial charge in [0.25, 0.3) is 0 Å². The summed E-state index contributed by atoms with van der Waals surface area (Å²) < 4.78 is 20.6. The summed E-state index contributed by atoms with van der Waals surface area (Å²) in [5.74, 6) is 0.529. The normalized spacial score (nSPS) is 22.9. The molecule has 37 heavy (non-hydrogen) atoms. The van der Waals surface area contributed by atoms with Crippen molar-refractivity contribution in [3.05, 3.63) is 48.2 Å². The molecule has 0 saturated carbocycles. The van der Waals surface area contributed by atoms with Crippen LogP contribution in [0.25, 0.3) is 22.0 Å². The third kappa shape index (κ3) is 5.88. The topological polar surface area (TPSA) is 92.3 Å². The summed E-state index contributed by atoms with van der Waals surface area (Å²) in [5, 5.41) is 7.45.